The predicted octanol–water partition coefficient (Wildman–Crippen LogP) is 3.08. The van der Waals surface area contributed by atoms with E-state index in [0.29, 0.717) is 6.04 Å². The first-order valence-corrected chi connectivity index (χ1v) is 7.84. The van der Waals surface area contributed by atoms with Crippen molar-refractivity contribution < 1.29 is 0 Å². The third kappa shape index (κ3) is 3.37. The van der Waals surface area contributed by atoms with Gasteiger partial charge in [0.2, 0.25) is 0 Å². The van der Waals surface area contributed by atoms with E-state index in [1.807, 2.05) is 0 Å². The Bertz CT molecular complexity index is 411. The van der Waals surface area contributed by atoms with Crippen molar-refractivity contribution in [2.45, 2.75) is 57.5 Å². The van der Waals surface area contributed by atoms with Crippen LogP contribution in [0, 0.1) is 0 Å². The monoisotopic (exact) mass is 258 g/mol. The molecule has 0 aromatic heterocycles. The Balaban J connectivity index is 1.47. The summed E-state index contributed by atoms with van der Waals surface area (Å²) < 4.78 is 0. The van der Waals surface area contributed by atoms with Gasteiger partial charge in [0.25, 0.3) is 0 Å². The van der Waals surface area contributed by atoms with Crippen LogP contribution in [0.2, 0.25) is 0 Å². The highest BCUT2D eigenvalue weighted by molar-refractivity contribution is 5.42. The van der Waals surface area contributed by atoms with Crippen molar-refractivity contribution in [2.75, 3.05) is 13.1 Å². The summed E-state index contributed by atoms with van der Waals surface area (Å²) in [5.74, 6) is 0. The van der Waals surface area contributed by atoms with Crippen molar-refractivity contribution in [3.63, 3.8) is 0 Å². The minimum absolute atomic E-state index is 0.672. The number of allylic oxidation sites excluding steroid dienone is 4. The topological polar surface area (TPSA) is 24.1 Å². The average molecular weight is 258 g/mol. The van der Waals surface area contributed by atoms with Crippen molar-refractivity contribution in [1.82, 2.24) is 10.6 Å². The van der Waals surface area contributed by atoms with Gasteiger partial charge < -0.3 is 10.6 Å². The van der Waals surface area contributed by atoms with Crippen LogP contribution in [0.1, 0.15) is 45.4 Å². The maximum Gasteiger partial charge on any atom is 0.0148 e. The molecule has 2 N–H and O–H groups in total. The molecule has 2 atom stereocenters. The fourth-order valence-electron chi connectivity index (χ4n) is 3.46. The molecule has 0 radical (unpaired) electrons. The molecule has 19 heavy (non-hydrogen) atoms. The van der Waals surface area contributed by atoms with Crippen LogP contribution in [0.25, 0.3) is 0 Å². The van der Waals surface area contributed by atoms with Gasteiger partial charge in [0.1, 0.15) is 0 Å². The molecule has 0 bridgehead atoms. The van der Waals surface area contributed by atoms with Crippen LogP contribution < -0.4 is 10.6 Å². The van der Waals surface area contributed by atoms with E-state index < -0.39 is 0 Å². The molecule has 2 aliphatic carbocycles. The van der Waals surface area contributed by atoms with Crippen molar-refractivity contribution in [3.05, 3.63) is 34.9 Å². The molecule has 0 amide bonds. The molecule has 3 aliphatic rings. The van der Waals surface area contributed by atoms with E-state index in [4.69, 9.17) is 0 Å². The molecule has 3 rings (SSSR count). The Hall–Kier alpha value is -0.860. The molecule has 104 valence electrons. The Morgan fingerprint density at radius 2 is 2.16 bits per heavy atom. The first-order valence-electron chi connectivity index (χ1n) is 7.84. The van der Waals surface area contributed by atoms with Gasteiger partial charge in [-0.1, -0.05) is 23.8 Å². The quantitative estimate of drug-likeness (QED) is 0.810. The summed E-state index contributed by atoms with van der Waals surface area (Å²) in [6.07, 6.45) is 14.7. The largest absolute Gasteiger partial charge is 0.314 e. The second-order valence-electron chi connectivity index (χ2n) is 6.28. The van der Waals surface area contributed by atoms with Gasteiger partial charge in [-0.3, -0.25) is 0 Å². The van der Waals surface area contributed by atoms with Crippen LogP contribution >= 0.6 is 0 Å². The zero-order chi connectivity index (χ0) is 13.1. The van der Waals surface area contributed by atoms with Gasteiger partial charge in [-0.05, 0) is 69.7 Å². The minimum atomic E-state index is 0.672. The van der Waals surface area contributed by atoms with Crippen LogP contribution in [0.5, 0.6) is 0 Å². The molecule has 0 aromatic carbocycles. The average Bonchev–Trinajstić information content (AvgIpc) is 3.01. The third-order valence-corrected chi connectivity index (χ3v) is 4.67. The highest BCUT2D eigenvalue weighted by Gasteiger charge is 2.24. The normalized spacial score (nSPS) is 30.5. The van der Waals surface area contributed by atoms with Gasteiger partial charge in [-0.15, -0.1) is 0 Å². The van der Waals surface area contributed by atoms with Crippen LogP contribution in [-0.2, 0) is 0 Å². The van der Waals surface area contributed by atoms with E-state index in [9.17, 15) is 0 Å². The standard InChI is InChI=1S/C17H26N2/c1-13-4-6-14-11-17(12-15(14)7-5-13)19-10-8-16-3-2-9-18-16/h4,6-7,16-19H,2-3,5,8-12H2,1H3. The van der Waals surface area contributed by atoms with Crippen molar-refractivity contribution in [3.8, 4) is 0 Å². The Labute approximate surface area is 117 Å². The first kappa shape index (κ1) is 13.1. The van der Waals surface area contributed by atoms with E-state index in [2.05, 4.69) is 35.8 Å². The summed E-state index contributed by atoms with van der Waals surface area (Å²) in [5, 5.41) is 7.33. The molecule has 1 aliphatic heterocycles. The lowest BCUT2D eigenvalue weighted by Crippen LogP contribution is -2.32. The highest BCUT2D eigenvalue weighted by atomic mass is 15.0. The van der Waals surface area contributed by atoms with Gasteiger partial charge in [0, 0.05) is 12.1 Å². The molecule has 1 heterocycles. The van der Waals surface area contributed by atoms with Gasteiger partial charge >= 0.3 is 0 Å². The third-order valence-electron chi connectivity index (χ3n) is 4.67. The molecule has 2 unspecified atom stereocenters. The SMILES string of the molecule is CC1=CC=C2CC(NCCC3CCCN3)CC2=CC1. The molecular formula is C17H26N2. The van der Waals surface area contributed by atoms with E-state index in [1.165, 1.54) is 44.2 Å². The van der Waals surface area contributed by atoms with Crippen LogP contribution in [0.3, 0.4) is 0 Å². The van der Waals surface area contributed by atoms with E-state index in [0.717, 1.165) is 19.0 Å². The summed E-state index contributed by atoms with van der Waals surface area (Å²) in [5.41, 5.74) is 4.63. The van der Waals surface area contributed by atoms with E-state index in [-0.39, 0.29) is 0 Å². The lowest BCUT2D eigenvalue weighted by molar-refractivity contribution is 0.478. The first-order chi connectivity index (χ1) is 9.31. The summed E-state index contributed by atoms with van der Waals surface area (Å²) in [6, 6.07) is 1.44. The highest BCUT2D eigenvalue weighted by Crippen LogP contribution is 2.33. The molecular weight excluding hydrogens is 232 g/mol. The van der Waals surface area contributed by atoms with Crippen LogP contribution in [-0.4, -0.2) is 25.2 Å². The summed E-state index contributed by atoms with van der Waals surface area (Å²) in [4.78, 5) is 0. The zero-order valence-corrected chi connectivity index (χ0v) is 12.0. The van der Waals surface area contributed by atoms with Gasteiger partial charge in [-0.25, -0.2) is 0 Å². The molecule has 2 heteroatoms. The summed E-state index contributed by atoms with van der Waals surface area (Å²) in [7, 11) is 0. The van der Waals surface area contributed by atoms with Gasteiger partial charge in [0.15, 0.2) is 0 Å². The Kier molecular flexibility index (Phi) is 4.19. The maximum atomic E-state index is 3.75. The van der Waals surface area contributed by atoms with Crippen molar-refractivity contribution in [1.29, 1.82) is 0 Å². The molecule has 2 nitrogen and oxygen atoms in total. The predicted molar refractivity (Wildman–Crippen MR) is 81.2 cm³/mol. The summed E-state index contributed by atoms with van der Waals surface area (Å²) in [6.45, 7) is 4.61. The fraction of sp³-hybridized carbons (Fsp3) is 0.647. The maximum absolute atomic E-state index is 3.75. The number of fused-ring (bicyclic) bond motifs is 1. The lowest BCUT2D eigenvalue weighted by Gasteiger charge is -2.14. The van der Waals surface area contributed by atoms with E-state index in [1.54, 1.807) is 11.1 Å². The fourth-order valence-corrected chi connectivity index (χ4v) is 3.46. The number of hydrogen-bond donors (Lipinski definition) is 2. The number of hydrogen-bond acceptors (Lipinski definition) is 2. The zero-order valence-electron chi connectivity index (χ0n) is 12.0. The second kappa shape index (κ2) is 6.06. The Morgan fingerprint density at radius 3 is 3.00 bits per heavy atom. The second-order valence-corrected chi connectivity index (χ2v) is 6.28. The van der Waals surface area contributed by atoms with Gasteiger partial charge in [-0.2, -0.15) is 0 Å². The Morgan fingerprint density at radius 1 is 1.26 bits per heavy atom. The molecule has 1 saturated carbocycles. The number of rotatable bonds is 4. The summed E-state index contributed by atoms with van der Waals surface area (Å²) >= 11 is 0. The molecule has 2 fully saturated rings. The van der Waals surface area contributed by atoms with E-state index >= 15 is 0 Å². The van der Waals surface area contributed by atoms with Crippen LogP contribution in [0.15, 0.2) is 34.9 Å². The van der Waals surface area contributed by atoms with Gasteiger partial charge in [0.05, 0.1) is 0 Å². The smallest absolute Gasteiger partial charge is 0.0148 e. The van der Waals surface area contributed by atoms with Crippen LogP contribution in [0.4, 0.5) is 0 Å². The molecule has 1 saturated heterocycles. The van der Waals surface area contributed by atoms with Crippen molar-refractivity contribution in [2.24, 2.45) is 0 Å². The van der Waals surface area contributed by atoms with Crippen molar-refractivity contribution >= 4 is 0 Å². The minimum Gasteiger partial charge on any atom is -0.314 e. The molecule has 0 spiro atoms. The molecule has 0 aromatic rings. The number of nitrogens with one attached hydrogen (secondary N) is 2. The lowest BCUT2D eigenvalue weighted by atomic mass is 10.1.